The van der Waals surface area contributed by atoms with Crippen molar-refractivity contribution in [3.63, 3.8) is 0 Å². The minimum atomic E-state index is -3.37. The van der Waals surface area contributed by atoms with Crippen molar-refractivity contribution in [3.05, 3.63) is 121 Å². The first-order valence-electron chi connectivity index (χ1n) is 13.9. The zero-order valence-corrected chi connectivity index (χ0v) is 23.0. The van der Waals surface area contributed by atoms with E-state index < -0.39 is 7.14 Å². The maximum absolute atomic E-state index is 15.6. The second-order valence-electron chi connectivity index (χ2n) is 10.8. The molecule has 2 aliphatic rings. The third-order valence-electron chi connectivity index (χ3n) is 8.63. The van der Waals surface area contributed by atoms with Gasteiger partial charge in [0.25, 0.3) is 0 Å². The summed E-state index contributed by atoms with van der Waals surface area (Å²) >= 11 is 0. The fraction of sp³-hybridized carbons (Fsp3) is 0. The lowest BCUT2D eigenvalue weighted by molar-refractivity contribution is 0.458. The van der Waals surface area contributed by atoms with E-state index in [4.69, 9.17) is 13.9 Å². The van der Waals surface area contributed by atoms with Crippen LogP contribution in [0.4, 0.5) is 0 Å². The maximum Gasteiger partial charge on any atom is 0.185 e. The molecule has 4 heterocycles. The van der Waals surface area contributed by atoms with Crippen LogP contribution in [0.5, 0.6) is 23.0 Å². The molecule has 1 atom stereocenters. The van der Waals surface area contributed by atoms with Crippen LogP contribution in [0, 0.1) is 0 Å². The van der Waals surface area contributed by atoms with E-state index in [-0.39, 0.29) is 0 Å². The standard InChI is InChI=1S/C36H20NO4P/c38-42-32-16-8-7-15-29(32)39-30-19-21(37-26-12-4-1-9-22(26)23-10-2-5-13-27(23)37)20-31(36(30)42)41-35-33(42)18-17-25-24-11-3-6-14-28(24)40-34(25)35/h1-20H. The van der Waals surface area contributed by atoms with Gasteiger partial charge in [0.2, 0.25) is 0 Å². The molecule has 0 fully saturated rings. The van der Waals surface area contributed by atoms with Gasteiger partial charge in [-0.2, -0.15) is 0 Å². The van der Waals surface area contributed by atoms with E-state index in [0.29, 0.717) is 44.5 Å². The lowest BCUT2D eigenvalue weighted by atomic mass is 10.1. The lowest BCUT2D eigenvalue weighted by Crippen LogP contribution is -2.35. The molecule has 0 N–H and O–H groups in total. The Bertz CT molecular complexity index is 2470. The van der Waals surface area contributed by atoms with Crippen molar-refractivity contribution in [3.8, 4) is 28.7 Å². The predicted octanol–water partition coefficient (Wildman–Crippen LogP) is 8.53. The van der Waals surface area contributed by atoms with Crippen molar-refractivity contribution >= 4 is 66.8 Å². The predicted molar refractivity (Wildman–Crippen MR) is 168 cm³/mol. The van der Waals surface area contributed by atoms with E-state index in [0.717, 1.165) is 43.8 Å². The molecule has 6 heteroatoms. The number of fused-ring (bicyclic) bond motifs is 11. The lowest BCUT2D eigenvalue weighted by Gasteiger charge is -2.34. The number of hydrogen-bond donors (Lipinski definition) is 0. The first-order chi connectivity index (χ1) is 20.7. The number of para-hydroxylation sites is 4. The highest BCUT2D eigenvalue weighted by atomic mass is 31.2. The van der Waals surface area contributed by atoms with Crippen LogP contribution in [-0.4, -0.2) is 4.57 Å². The highest BCUT2D eigenvalue weighted by Gasteiger charge is 2.47. The van der Waals surface area contributed by atoms with Gasteiger partial charge in [0, 0.05) is 33.7 Å². The highest BCUT2D eigenvalue weighted by Crippen LogP contribution is 2.60. The van der Waals surface area contributed by atoms with Crippen LogP contribution in [0.2, 0.25) is 0 Å². The Morgan fingerprint density at radius 2 is 1.19 bits per heavy atom. The Kier molecular flexibility index (Phi) is 4.13. The summed E-state index contributed by atoms with van der Waals surface area (Å²) in [6, 6.07) is 40.2. The van der Waals surface area contributed by atoms with Crippen molar-refractivity contribution < 1.29 is 18.5 Å². The summed E-state index contributed by atoms with van der Waals surface area (Å²) in [5.74, 6) is 2.15. The third-order valence-corrected chi connectivity index (χ3v) is 11.8. The molecule has 8 aromatic rings. The molecule has 198 valence electrons. The van der Waals surface area contributed by atoms with Gasteiger partial charge in [-0.15, -0.1) is 0 Å². The van der Waals surface area contributed by atoms with Crippen LogP contribution in [0.15, 0.2) is 126 Å². The monoisotopic (exact) mass is 561 g/mol. The number of hydrogen-bond acceptors (Lipinski definition) is 4. The van der Waals surface area contributed by atoms with E-state index in [1.165, 1.54) is 0 Å². The molecule has 6 aromatic carbocycles. The van der Waals surface area contributed by atoms with Gasteiger partial charge in [-0.1, -0.05) is 66.7 Å². The van der Waals surface area contributed by atoms with Gasteiger partial charge in [0.15, 0.2) is 18.5 Å². The van der Waals surface area contributed by atoms with E-state index in [1.807, 2.05) is 84.9 Å². The SMILES string of the molecule is O=P12c3ccccc3Oc3cc(-n4c5ccccc5c5ccccc54)cc(c31)Oc1c2ccc2c1oc1ccccc12. The number of aromatic nitrogens is 1. The Labute approximate surface area is 239 Å². The van der Waals surface area contributed by atoms with Crippen molar-refractivity contribution in [1.82, 2.24) is 4.57 Å². The summed E-state index contributed by atoms with van der Waals surface area (Å²) in [5.41, 5.74) is 4.37. The molecule has 0 spiro atoms. The first-order valence-corrected chi connectivity index (χ1v) is 15.6. The number of furan rings is 1. The molecule has 1 unspecified atom stereocenters. The molecular weight excluding hydrogens is 541 g/mol. The molecular formula is C36H20NO4P. The van der Waals surface area contributed by atoms with Gasteiger partial charge in [-0.05, 0) is 42.5 Å². The summed E-state index contributed by atoms with van der Waals surface area (Å²) in [5, 5.41) is 6.13. The molecule has 5 nitrogen and oxygen atoms in total. The van der Waals surface area contributed by atoms with Gasteiger partial charge in [-0.3, -0.25) is 0 Å². The van der Waals surface area contributed by atoms with E-state index >= 15 is 4.57 Å². The summed E-state index contributed by atoms with van der Waals surface area (Å²) in [6.07, 6.45) is 0. The fourth-order valence-corrected chi connectivity index (χ4v) is 9.89. The molecule has 2 aliphatic heterocycles. The molecule has 2 aromatic heterocycles. The molecule has 42 heavy (non-hydrogen) atoms. The van der Waals surface area contributed by atoms with Gasteiger partial charge in [0.1, 0.15) is 28.1 Å². The zero-order chi connectivity index (χ0) is 27.6. The Morgan fingerprint density at radius 1 is 0.548 bits per heavy atom. The van der Waals surface area contributed by atoms with E-state index in [1.54, 1.807) is 0 Å². The second kappa shape index (κ2) is 7.73. The van der Waals surface area contributed by atoms with Crippen LogP contribution >= 0.6 is 7.14 Å². The quantitative estimate of drug-likeness (QED) is 0.189. The Balaban J connectivity index is 1.32. The minimum Gasteiger partial charge on any atom is -0.456 e. The minimum absolute atomic E-state index is 0.501. The normalized spacial score (nSPS) is 16.7. The molecule has 0 aliphatic carbocycles. The van der Waals surface area contributed by atoms with Crippen molar-refractivity contribution in [2.75, 3.05) is 0 Å². The fourth-order valence-electron chi connectivity index (χ4n) is 6.87. The first kappa shape index (κ1) is 22.4. The van der Waals surface area contributed by atoms with Gasteiger partial charge in [0.05, 0.1) is 27.3 Å². The van der Waals surface area contributed by atoms with Crippen LogP contribution in [0.25, 0.3) is 49.4 Å². The molecule has 0 saturated carbocycles. The van der Waals surface area contributed by atoms with Gasteiger partial charge in [-0.25, -0.2) is 0 Å². The second-order valence-corrected chi connectivity index (χ2v) is 13.5. The largest absolute Gasteiger partial charge is 0.456 e. The van der Waals surface area contributed by atoms with Gasteiger partial charge < -0.3 is 23.0 Å². The van der Waals surface area contributed by atoms with Crippen LogP contribution in [0.3, 0.4) is 0 Å². The smallest absolute Gasteiger partial charge is 0.185 e. The number of nitrogens with zero attached hydrogens (tertiary/aromatic N) is 1. The maximum atomic E-state index is 15.6. The topological polar surface area (TPSA) is 53.6 Å². The van der Waals surface area contributed by atoms with Crippen molar-refractivity contribution in [2.24, 2.45) is 0 Å². The summed E-state index contributed by atoms with van der Waals surface area (Å²) < 4.78 is 37.5. The summed E-state index contributed by atoms with van der Waals surface area (Å²) in [4.78, 5) is 0. The number of ether oxygens (including phenoxy) is 2. The van der Waals surface area contributed by atoms with E-state index in [9.17, 15) is 0 Å². The average Bonchev–Trinajstić information content (AvgIpc) is 3.57. The van der Waals surface area contributed by atoms with Crippen LogP contribution in [-0.2, 0) is 4.57 Å². The van der Waals surface area contributed by atoms with Crippen LogP contribution < -0.4 is 25.4 Å². The number of benzene rings is 6. The molecule has 0 radical (unpaired) electrons. The molecule has 0 bridgehead atoms. The van der Waals surface area contributed by atoms with Crippen molar-refractivity contribution in [2.45, 2.75) is 0 Å². The average molecular weight is 562 g/mol. The number of rotatable bonds is 1. The van der Waals surface area contributed by atoms with Gasteiger partial charge >= 0.3 is 0 Å². The van der Waals surface area contributed by atoms with E-state index in [2.05, 4.69) is 41.0 Å². The summed E-state index contributed by atoms with van der Waals surface area (Å²) in [7, 11) is -3.37. The Hall–Kier alpha value is -5.25. The zero-order valence-electron chi connectivity index (χ0n) is 22.1. The molecule has 0 amide bonds. The highest BCUT2D eigenvalue weighted by molar-refractivity contribution is 7.86. The van der Waals surface area contributed by atoms with Crippen molar-refractivity contribution in [1.29, 1.82) is 0 Å². The summed E-state index contributed by atoms with van der Waals surface area (Å²) in [6.45, 7) is 0. The third kappa shape index (κ3) is 2.67. The molecule has 0 saturated heterocycles. The van der Waals surface area contributed by atoms with Crippen LogP contribution in [0.1, 0.15) is 0 Å². The molecule has 10 rings (SSSR count). The Morgan fingerprint density at radius 3 is 1.98 bits per heavy atom.